The van der Waals surface area contributed by atoms with Gasteiger partial charge in [-0.05, 0) is 12.8 Å². The second kappa shape index (κ2) is 2.41. The summed E-state index contributed by atoms with van der Waals surface area (Å²) in [6.45, 7) is -2.11. The molecule has 1 saturated heterocycles. The minimum absolute atomic E-state index is 0.772. The van der Waals surface area contributed by atoms with Crippen LogP contribution in [0.3, 0.4) is 0 Å². The number of halogens is 1. The summed E-state index contributed by atoms with van der Waals surface area (Å²) in [5.74, 6) is 0. The highest BCUT2D eigenvalue weighted by atomic mass is 35.7. The molecule has 1 fully saturated rings. The zero-order valence-corrected chi connectivity index (χ0v) is 6.42. The molecule has 0 aromatic rings. The molecular formula is C5H10ClOP. The van der Waals surface area contributed by atoms with Gasteiger partial charge < -0.3 is 4.57 Å². The molecule has 0 saturated carbocycles. The molecule has 1 aliphatic rings. The lowest BCUT2D eigenvalue weighted by Crippen LogP contribution is -1.97. The lowest BCUT2D eigenvalue weighted by atomic mass is 10.3. The van der Waals surface area contributed by atoms with Crippen molar-refractivity contribution in [3.8, 4) is 0 Å². The maximum Gasteiger partial charge on any atom is 0.169 e. The minimum atomic E-state index is -2.11. The van der Waals surface area contributed by atoms with Gasteiger partial charge in [-0.3, -0.25) is 0 Å². The predicted molar refractivity (Wildman–Crippen MR) is 37.0 cm³/mol. The van der Waals surface area contributed by atoms with E-state index in [1.165, 1.54) is 6.42 Å². The molecule has 0 spiro atoms. The second-order valence-corrected chi connectivity index (χ2v) is 6.62. The van der Waals surface area contributed by atoms with Crippen molar-refractivity contribution in [3.05, 3.63) is 0 Å². The smallest absolute Gasteiger partial charge is 0.169 e. The Hall–Kier alpha value is 0.520. The van der Waals surface area contributed by atoms with Crippen LogP contribution in [0.25, 0.3) is 0 Å². The number of hydrogen-bond acceptors (Lipinski definition) is 1. The Bertz CT molecular complexity index is 114. The Kier molecular flexibility index (Phi) is 2.00. The normalized spacial score (nSPS) is 27.6. The SMILES string of the molecule is O=P1(Cl)CCCCC1. The van der Waals surface area contributed by atoms with Gasteiger partial charge in [-0.1, -0.05) is 17.7 Å². The highest BCUT2D eigenvalue weighted by molar-refractivity contribution is 7.89. The second-order valence-electron chi connectivity index (χ2n) is 2.30. The van der Waals surface area contributed by atoms with Crippen LogP contribution in [0.4, 0.5) is 0 Å². The first-order chi connectivity index (χ1) is 3.71. The molecule has 1 heterocycles. The van der Waals surface area contributed by atoms with E-state index in [2.05, 4.69) is 0 Å². The van der Waals surface area contributed by atoms with Crippen LogP contribution in [0, 0.1) is 0 Å². The van der Waals surface area contributed by atoms with Crippen LogP contribution in [-0.4, -0.2) is 12.3 Å². The summed E-state index contributed by atoms with van der Waals surface area (Å²) >= 11 is 5.63. The fraction of sp³-hybridized carbons (Fsp3) is 1.00. The average Bonchev–Trinajstić information content (AvgIpc) is 1.65. The molecule has 1 nitrogen and oxygen atoms in total. The molecule has 48 valence electrons. The van der Waals surface area contributed by atoms with E-state index in [-0.39, 0.29) is 0 Å². The Balaban J connectivity index is 2.45. The van der Waals surface area contributed by atoms with Crippen molar-refractivity contribution in [2.75, 3.05) is 12.3 Å². The molecule has 0 bridgehead atoms. The fourth-order valence-electron chi connectivity index (χ4n) is 0.984. The molecule has 0 aliphatic carbocycles. The van der Waals surface area contributed by atoms with E-state index < -0.39 is 6.49 Å². The molecule has 1 rings (SSSR count). The maximum absolute atomic E-state index is 11.0. The van der Waals surface area contributed by atoms with Gasteiger partial charge in [0.05, 0.1) is 0 Å². The molecule has 0 N–H and O–H groups in total. The lowest BCUT2D eigenvalue weighted by Gasteiger charge is -2.14. The molecule has 8 heavy (non-hydrogen) atoms. The van der Waals surface area contributed by atoms with Gasteiger partial charge in [-0.15, -0.1) is 0 Å². The van der Waals surface area contributed by atoms with E-state index in [0.29, 0.717) is 0 Å². The number of rotatable bonds is 0. The van der Waals surface area contributed by atoms with Crippen LogP contribution < -0.4 is 0 Å². The Morgan fingerprint density at radius 1 is 1.12 bits per heavy atom. The van der Waals surface area contributed by atoms with Gasteiger partial charge in [0.25, 0.3) is 0 Å². The molecule has 0 radical (unpaired) electrons. The largest absolute Gasteiger partial charge is 0.307 e. The summed E-state index contributed by atoms with van der Waals surface area (Å²) < 4.78 is 11.0. The quantitative estimate of drug-likeness (QED) is 0.488. The van der Waals surface area contributed by atoms with Crippen molar-refractivity contribution < 1.29 is 4.57 Å². The Morgan fingerprint density at radius 3 is 1.88 bits per heavy atom. The molecule has 1 aliphatic heterocycles. The van der Waals surface area contributed by atoms with Crippen molar-refractivity contribution in [2.24, 2.45) is 0 Å². The summed E-state index contributed by atoms with van der Waals surface area (Å²) in [5.41, 5.74) is 0. The van der Waals surface area contributed by atoms with Gasteiger partial charge in [0, 0.05) is 12.3 Å². The van der Waals surface area contributed by atoms with Crippen LogP contribution in [0.5, 0.6) is 0 Å². The first-order valence-corrected chi connectivity index (χ1v) is 5.97. The topological polar surface area (TPSA) is 17.1 Å². The standard InChI is InChI=1S/C5H10ClOP/c6-8(7)4-2-1-3-5-8/h1-5H2. The van der Waals surface area contributed by atoms with Crippen LogP contribution >= 0.6 is 17.7 Å². The summed E-state index contributed by atoms with van der Waals surface area (Å²) in [6.07, 6.45) is 4.90. The minimum Gasteiger partial charge on any atom is -0.307 e. The molecule has 3 heteroatoms. The average molecular weight is 153 g/mol. The van der Waals surface area contributed by atoms with E-state index in [1.54, 1.807) is 0 Å². The zero-order chi connectivity index (χ0) is 6.04. The van der Waals surface area contributed by atoms with E-state index >= 15 is 0 Å². The molecule has 0 unspecified atom stereocenters. The highest BCUT2D eigenvalue weighted by Crippen LogP contribution is 2.54. The zero-order valence-electron chi connectivity index (χ0n) is 4.77. The van der Waals surface area contributed by atoms with Gasteiger partial charge in [0.15, 0.2) is 6.49 Å². The maximum atomic E-state index is 11.0. The molecule has 0 aromatic carbocycles. The van der Waals surface area contributed by atoms with Crippen LogP contribution in [0.15, 0.2) is 0 Å². The van der Waals surface area contributed by atoms with Crippen LogP contribution in [-0.2, 0) is 4.57 Å². The van der Waals surface area contributed by atoms with Crippen molar-refractivity contribution in [3.63, 3.8) is 0 Å². The van der Waals surface area contributed by atoms with Gasteiger partial charge in [-0.25, -0.2) is 0 Å². The lowest BCUT2D eigenvalue weighted by molar-refractivity contribution is 0.570. The first-order valence-electron chi connectivity index (χ1n) is 2.98. The third kappa shape index (κ3) is 1.80. The summed E-state index contributed by atoms with van der Waals surface area (Å²) in [6, 6.07) is 0. The summed E-state index contributed by atoms with van der Waals surface area (Å²) in [5, 5.41) is 0. The Morgan fingerprint density at radius 2 is 1.62 bits per heavy atom. The van der Waals surface area contributed by atoms with E-state index in [1.807, 2.05) is 0 Å². The fourth-order valence-corrected chi connectivity index (χ4v) is 3.32. The van der Waals surface area contributed by atoms with E-state index in [9.17, 15) is 4.57 Å². The van der Waals surface area contributed by atoms with Gasteiger partial charge in [-0.2, -0.15) is 0 Å². The summed E-state index contributed by atoms with van der Waals surface area (Å²) in [7, 11) is 0. The van der Waals surface area contributed by atoms with Crippen LogP contribution in [0.1, 0.15) is 19.3 Å². The Labute approximate surface area is 54.6 Å². The van der Waals surface area contributed by atoms with E-state index in [4.69, 9.17) is 11.2 Å². The molecular weight excluding hydrogens is 142 g/mol. The van der Waals surface area contributed by atoms with Crippen molar-refractivity contribution in [2.45, 2.75) is 19.3 Å². The molecule has 0 amide bonds. The van der Waals surface area contributed by atoms with Gasteiger partial charge >= 0.3 is 0 Å². The van der Waals surface area contributed by atoms with Crippen LogP contribution in [0.2, 0.25) is 0 Å². The van der Waals surface area contributed by atoms with Crippen molar-refractivity contribution in [1.82, 2.24) is 0 Å². The number of hydrogen-bond donors (Lipinski definition) is 0. The van der Waals surface area contributed by atoms with Gasteiger partial charge in [0.2, 0.25) is 0 Å². The van der Waals surface area contributed by atoms with Crippen molar-refractivity contribution in [1.29, 1.82) is 0 Å². The molecule has 0 aromatic heterocycles. The third-order valence-corrected chi connectivity index (χ3v) is 4.47. The summed E-state index contributed by atoms with van der Waals surface area (Å²) in [4.78, 5) is 0. The van der Waals surface area contributed by atoms with Crippen molar-refractivity contribution >= 4 is 17.7 Å². The monoisotopic (exact) mass is 152 g/mol. The van der Waals surface area contributed by atoms with Gasteiger partial charge in [0.1, 0.15) is 0 Å². The third-order valence-electron chi connectivity index (χ3n) is 1.48. The molecule has 0 atom stereocenters. The predicted octanol–water partition coefficient (Wildman–Crippen LogP) is 2.69. The highest BCUT2D eigenvalue weighted by Gasteiger charge is 2.20. The van der Waals surface area contributed by atoms with E-state index in [0.717, 1.165) is 25.2 Å². The first kappa shape index (κ1) is 6.64.